The van der Waals surface area contributed by atoms with Crippen molar-refractivity contribution in [2.24, 2.45) is 7.05 Å². The molecule has 0 spiro atoms. The number of nitrogens with zero attached hydrogens (tertiary/aromatic N) is 4. The number of rotatable bonds is 5. The minimum Gasteiger partial charge on any atom is -0.339 e. The minimum atomic E-state index is 0.0638. The molecular weight excluding hydrogens is 264 g/mol. The summed E-state index contributed by atoms with van der Waals surface area (Å²) in [7, 11) is 3.73. The minimum absolute atomic E-state index is 0.0638. The van der Waals surface area contributed by atoms with Crippen LogP contribution in [0.5, 0.6) is 0 Å². The molecule has 0 aliphatic carbocycles. The predicted molar refractivity (Wildman–Crippen MR) is 84.5 cm³/mol. The summed E-state index contributed by atoms with van der Waals surface area (Å²) in [6.07, 6.45) is 3.92. The molecular formula is C16H28N4O. The van der Waals surface area contributed by atoms with E-state index in [0.29, 0.717) is 11.6 Å². The van der Waals surface area contributed by atoms with E-state index in [9.17, 15) is 4.79 Å². The van der Waals surface area contributed by atoms with E-state index < -0.39 is 0 Å². The van der Waals surface area contributed by atoms with E-state index in [1.807, 2.05) is 25.1 Å². The average molecular weight is 292 g/mol. The molecule has 1 aliphatic heterocycles. The SMILES string of the molecule is CC(C)c1cc(C(=O)N(C)CCN2CCCCC2)n(C)n1. The molecule has 0 unspecified atom stereocenters. The molecule has 0 saturated carbocycles. The topological polar surface area (TPSA) is 41.4 Å². The number of aromatic nitrogens is 2. The fraction of sp³-hybridized carbons (Fsp3) is 0.750. The van der Waals surface area contributed by atoms with Crippen molar-refractivity contribution in [3.63, 3.8) is 0 Å². The van der Waals surface area contributed by atoms with Crippen molar-refractivity contribution in [2.75, 3.05) is 33.2 Å². The summed E-state index contributed by atoms with van der Waals surface area (Å²) in [5.41, 5.74) is 1.66. The third-order valence-corrected chi connectivity index (χ3v) is 4.26. The van der Waals surface area contributed by atoms with Gasteiger partial charge in [-0.25, -0.2) is 0 Å². The van der Waals surface area contributed by atoms with Gasteiger partial charge in [-0.1, -0.05) is 20.3 Å². The highest BCUT2D eigenvalue weighted by Gasteiger charge is 2.19. The van der Waals surface area contributed by atoms with E-state index >= 15 is 0 Å². The Morgan fingerprint density at radius 1 is 1.33 bits per heavy atom. The van der Waals surface area contributed by atoms with Crippen LogP contribution in [0.1, 0.15) is 55.2 Å². The maximum atomic E-state index is 12.5. The Hall–Kier alpha value is -1.36. The van der Waals surface area contributed by atoms with E-state index in [-0.39, 0.29) is 5.91 Å². The van der Waals surface area contributed by atoms with Gasteiger partial charge < -0.3 is 9.80 Å². The molecule has 1 aliphatic rings. The van der Waals surface area contributed by atoms with Crippen LogP contribution in [0.15, 0.2) is 6.07 Å². The Bertz CT molecular complexity index is 475. The van der Waals surface area contributed by atoms with Crippen molar-refractivity contribution in [1.82, 2.24) is 19.6 Å². The zero-order valence-corrected chi connectivity index (χ0v) is 13.8. The van der Waals surface area contributed by atoms with Gasteiger partial charge in [0.2, 0.25) is 0 Å². The highest BCUT2D eigenvalue weighted by atomic mass is 16.2. The lowest BCUT2D eigenvalue weighted by Crippen LogP contribution is -2.39. The maximum absolute atomic E-state index is 12.5. The van der Waals surface area contributed by atoms with Crippen molar-refractivity contribution in [3.8, 4) is 0 Å². The van der Waals surface area contributed by atoms with Crippen LogP contribution in [0.25, 0.3) is 0 Å². The number of amides is 1. The lowest BCUT2D eigenvalue weighted by molar-refractivity contribution is 0.0762. The lowest BCUT2D eigenvalue weighted by atomic mass is 10.1. The van der Waals surface area contributed by atoms with Crippen LogP contribution < -0.4 is 0 Å². The summed E-state index contributed by atoms with van der Waals surface area (Å²) < 4.78 is 1.70. The molecule has 1 amide bonds. The molecule has 0 aromatic carbocycles. The van der Waals surface area contributed by atoms with Gasteiger partial charge in [-0.05, 0) is 37.9 Å². The van der Waals surface area contributed by atoms with Crippen LogP contribution in [0.4, 0.5) is 0 Å². The van der Waals surface area contributed by atoms with Gasteiger partial charge >= 0.3 is 0 Å². The van der Waals surface area contributed by atoms with Gasteiger partial charge in [-0.2, -0.15) is 5.10 Å². The van der Waals surface area contributed by atoms with Crippen LogP contribution in [0.3, 0.4) is 0 Å². The first-order chi connectivity index (χ1) is 9.99. The highest BCUT2D eigenvalue weighted by molar-refractivity contribution is 5.92. The zero-order valence-electron chi connectivity index (χ0n) is 13.8. The third kappa shape index (κ3) is 4.06. The summed E-state index contributed by atoms with van der Waals surface area (Å²) in [6, 6.07) is 1.92. The van der Waals surface area contributed by atoms with E-state index in [1.54, 1.807) is 4.68 Å². The second-order valence-electron chi connectivity index (χ2n) is 6.36. The number of carbonyl (C=O) groups excluding carboxylic acids is 1. The monoisotopic (exact) mass is 292 g/mol. The molecule has 0 atom stereocenters. The smallest absolute Gasteiger partial charge is 0.271 e. The second-order valence-corrected chi connectivity index (χ2v) is 6.36. The van der Waals surface area contributed by atoms with Crippen LogP contribution in [0.2, 0.25) is 0 Å². The lowest BCUT2D eigenvalue weighted by Gasteiger charge is -2.28. The molecule has 2 heterocycles. The number of aryl methyl sites for hydroxylation is 1. The molecule has 0 radical (unpaired) electrons. The van der Waals surface area contributed by atoms with Gasteiger partial charge in [-0.15, -0.1) is 0 Å². The number of hydrogen-bond acceptors (Lipinski definition) is 3. The van der Waals surface area contributed by atoms with E-state index in [2.05, 4.69) is 23.8 Å². The van der Waals surface area contributed by atoms with Gasteiger partial charge in [0.1, 0.15) is 5.69 Å². The number of likely N-dealkylation sites (N-methyl/N-ethyl adjacent to an activating group) is 1. The molecule has 1 saturated heterocycles. The van der Waals surface area contributed by atoms with Gasteiger partial charge in [-0.3, -0.25) is 9.48 Å². The number of likely N-dealkylation sites (tertiary alicyclic amines) is 1. The predicted octanol–water partition coefficient (Wildman–Crippen LogP) is 2.10. The molecule has 0 N–H and O–H groups in total. The first-order valence-corrected chi connectivity index (χ1v) is 8.01. The van der Waals surface area contributed by atoms with Gasteiger partial charge in [0.15, 0.2) is 0 Å². The normalized spacial score (nSPS) is 16.4. The Morgan fingerprint density at radius 2 is 2.00 bits per heavy atom. The largest absolute Gasteiger partial charge is 0.339 e. The molecule has 118 valence electrons. The molecule has 21 heavy (non-hydrogen) atoms. The number of piperidine rings is 1. The Balaban J connectivity index is 1.92. The second kappa shape index (κ2) is 7.07. The van der Waals surface area contributed by atoms with E-state index in [0.717, 1.165) is 18.8 Å². The van der Waals surface area contributed by atoms with Crippen molar-refractivity contribution in [2.45, 2.75) is 39.0 Å². The molecule has 1 aromatic heterocycles. The van der Waals surface area contributed by atoms with Crippen LogP contribution >= 0.6 is 0 Å². The van der Waals surface area contributed by atoms with Gasteiger partial charge in [0.05, 0.1) is 5.69 Å². The van der Waals surface area contributed by atoms with Crippen molar-refractivity contribution in [1.29, 1.82) is 0 Å². The van der Waals surface area contributed by atoms with Crippen molar-refractivity contribution < 1.29 is 4.79 Å². The number of carbonyl (C=O) groups is 1. The molecule has 5 nitrogen and oxygen atoms in total. The van der Waals surface area contributed by atoms with Crippen molar-refractivity contribution >= 4 is 5.91 Å². The quantitative estimate of drug-likeness (QED) is 0.834. The fourth-order valence-electron chi connectivity index (χ4n) is 2.74. The van der Waals surface area contributed by atoms with Crippen molar-refractivity contribution in [3.05, 3.63) is 17.5 Å². The molecule has 2 rings (SSSR count). The number of hydrogen-bond donors (Lipinski definition) is 0. The molecule has 1 aromatic rings. The standard InChI is InChI=1S/C16H28N4O/c1-13(2)14-12-15(19(4)17-14)16(21)18(3)10-11-20-8-6-5-7-9-20/h12-13H,5-11H2,1-4H3. The first kappa shape index (κ1) is 16.0. The molecule has 1 fully saturated rings. The summed E-state index contributed by atoms with van der Waals surface area (Å²) >= 11 is 0. The summed E-state index contributed by atoms with van der Waals surface area (Å²) in [5.74, 6) is 0.408. The Kier molecular flexibility index (Phi) is 5.39. The first-order valence-electron chi connectivity index (χ1n) is 8.01. The average Bonchev–Trinajstić information content (AvgIpc) is 2.87. The summed E-state index contributed by atoms with van der Waals surface area (Å²) in [6.45, 7) is 8.28. The third-order valence-electron chi connectivity index (χ3n) is 4.26. The molecule has 0 bridgehead atoms. The van der Waals surface area contributed by atoms with Crippen LogP contribution in [0, 0.1) is 0 Å². The van der Waals surface area contributed by atoms with E-state index in [4.69, 9.17) is 0 Å². The molecule has 5 heteroatoms. The maximum Gasteiger partial charge on any atom is 0.271 e. The Labute approximate surface area is 127 Å². The van der Waals surface area contributed by atoms with Gasteiger partial charge in [0, 0.05) is 27.2 Å². The van der Waals surface area contributed by atoms with E-state index in [1.165, 1.54) is 32.4 Å². The summed E-state index contributed by atoms with van der Waals surface area (Å²) in [4.78, 5) is 16.8. The van der Waals surface area contributed by atoms with Gasteiger partial charge in [0.25, 0.3) is 5.91 Å². The zero-order chi connectivity index (χ0) is 15.4. The van der Waals surface area contributed by atoms with Crippen LogP contribution in [-0.2, 0) is 7.05 Å². The Morgan fingerprint density at radius 3 is 2.57 bits per heavy atom. The summed E-state index contributed by atoms with van der Waals surface area (Å²) in [5, 5.41) is 4.42. The van der Waals surface area contributed by atoms with Crippen LogP contribution in [-0.4, -0.2) is 58.7 Å². The highest BCUT2D eigenvalue weighted by Crippen LogP contribution is 2.15. The fourth-order valence-corrected chi connectivity index (χ4v) is 2.74.